The van der Waals surface area contributed by atoms with E-state index in [0.29, 0.717) is 29.4 Å². The number of fused-ring (bicyclic) bond motifs is 2. The molecule has 1 aliphatic heterocycles. The summed E-state index contributed by atoms with van der Waals surface area (Å²) in [6.45, 7) is 4.46. The van der Waals surface area contributed by atoms with Crippen LogP contribution in [0.4, 0.5) is 0 Å². The molecule has 1 fully saturated rings. The minimum atomic E-state index is -0.710. The van der Waals surface area contributed by atoms with Crippen molar-refractivity contribution in [3.05, 3.63) is 75.1 Å². The molecule has 0 unspecified atom stereocenters. The lowest BCUT2D eigenvalue weighted by Crippen LogP contribution is -2.35. The monoisotopic (exact) mass is 546 g/mol. The predicted octanol–water partition coefficient (Wildman–Crippen LogP) is 3.07. The second-order valence-corrected chi connectivity index (χ2v) is 9.37. The van der Waals surface area contributed by atoms with E-state index in [0.717, 1.165) is 18.4 Å². The van der Waals surface area contributed by atoms with E-state index in [1.54, 1.807) is 35.9 Å². The van der Waals surface area contributed by atoms with Crippen molar-refractivity contribution in [1.29, 1.82) is 0 Å². The van der Waals surface area contributed by atoms with E-state index in [1.165, 1.54) is 30.8 Å². The van der Waals surface area contributed by atoms with Crippen LogP contribution in [0.1, 0.15) is 46.0 Å². The minimum absolute atomic E-state index is 0.0207. The van der Waals surface area contributed by atoms with Gasteiger partial charge in [0.05, 0.1) is 38.9 Å². The highest BCUT2D eigenvalue weighted by molar-refractivity contribution is 5.97. The maximum atomic E-state index is 13.7. The maximum Gasteiger partial charge on any atom is 0.341 e. The summed E-state index contributed by atoms with van der Waals surface area (Å²) < 4.78 is 24.9. The van der Waals surface area contributed by atoms with Gasteiger partial charge in [-0.2, -0.15) is 4.99 Å². The average molecular weight is 547 g/mol. The van der Waals surface area contributed by atoms with Gasteiger partial charge in [0, 0.05) is 18.4 Å². The van der Waals surface area contributed by atoms with E-state index >= 15 is 0 Å². The van der Waals surface area contributed by atoms with Crippen LogP contribution in [0, 0.1) is 6.92 Å². The number of methoxy groups -OCH3 is 2. The Kier molecular flexibility index (Phi) is 7.65. The molecule has 0 radical (unpaired) electrons. The van der Waals surface area contributed by atoms with Crippen LogP contribution in [-0.4, -0.2) is 59.4 Å². The third-order valence-corrected chi connectivity index (χ3v) is 6.85. The van der Waals surface area contributed by atoms with Gasteiger partial charge in [0.25, 0.3) is 11.5 Å². The lowest BCUT2D eigenvalue weighted by molar-refractivity contribution is 0.0521. The molecule has 1 amide bonds. The Morgan fingerprint density at radius 2 is 1.93 bits per heavy atom. The van der Waals surface area contributed by atoms with Gasteiger partial charge in [0.2, 0.25) is 0 Å². The van der Waals surface area contributed by atoms with Gasteiger partial charge in [0.15, 0.2) is 17.0 Å². The zero-order valence-electron chi connectivity index (χ0n) is 22.8. The summed E-state index contributed by atoms with van der Waals surface area (Å²) in [5.74, 6) is -0.521. The highest BCUT2D eigenvalue weighted by atomic mass is 16.5. The fourth-order valence-corrected chi connectivity index (χ4v) is 4.86. The topological polar surface area (TPSA) is 123 Å². The Morgan fingerprint density at radius 3 is 2.62 bits per heavy atom. The summed E-state index contributed by atoms with van der Waals surface area (Å²) in [5, 5.41) is 0.196. The van der Waals surface area contributed by atoms with Crippen LogP contribution in [0.15, 0.2) is 52.4 Å². The van der Waals surface area contributed by atoms with E-state index in [-0.39, 0.29) is 46.8 Å². The standard InChI is InChI=1S/C29H30N4O7/c1-5-39-29(36)21-15-20-25(30-24-17(2)8-6-12-32(24)28(20)35)33(16-19-9-7-13-40-19)26(21)31-27(34)18-10-11-22(37-3)23(14-18)38-4/h6,8,10-12,14-15,19H,5,7,9,13,16H2,1-4H3/t19-/m0/s1. The van der Waals surface area contributed by atoms with Gasteiger partial charge >= 0.3 is 5.97 Å². The Labute approximate surface area is 229 Å². The number of carbonyl (C=O) groups excluding carboxylic acids is 2. The SMILES string of the molecule is CCOC(=O)c1cc2c(=O)n3cccc(C)c3nc2n(C[C@@H]2CCCO2)c1=NC(=O)c1ccc(OC)c(OC)c1. The van der Waals surface area contributed by atoms with Crippen molar-refractivity contribution in [1.82, 2.24) is 14.0 Å². The molecule has 0 saturated carbocycles. The molecule has 1 aliphatic rings. The number of aryl methyl sites for hydroxylation is 1. The quantitative estimate of drug-likeness (QED) is 0.256. The first-order valence-corrected chi connectivity index (χ1v) is 13.0. The number of hydrogen-bond acceptors (Lipinski definition) is 8. The molecule has 11 nitrogen and oxygen atoms in total. The van der Waals surface area contributed by atoms with Gasteiger partial charge in [-0.1, -0.05) is 6.07 Å². The van der Waals surface area contributed by atoms with E-state index < -0.39 is 11.9 Å². The van der Waals surface area contributed by atoms with Crippen LogP contribution < -0.4 is 20.5 Å². The molecule has 40 heavy (non-hydrogen) atoms. The Morgan fingerprint density at radius 1 is 1.12 bits per heavy atom. The highest BCUT2D eigenvalue weighted by Gasteiger charge is 2.24. The lowest BCUT2D eigenvalue weighted by Gasteiger charge is -2.18. The van der Waals surface area contributed by atoms with E-state index in [9.17, 15) is 14.4 Å². The summed E-state index contributed by atoms with van der Waals surface area (Å²) in [7, 11) is 2.97. The lowest BCUT2D eigenvalue weighted by atomic mass is 10.1. The number of benzene rings is 1. The number of carbonyl (C=O) groups is 2. The molecule has 11 heteroatoms. The number of esters is 1. The molecule has 3 aromatic heterocycles. The third-order valence-electron chi connectivity index (χ3n) is 6.85. The van der Waals surface area contributed by atoms with Crippen molar-refractivity contribution in [2.24, 2.45) is 4.99 Å². The van der Waals surface area contributed by atoms with Gasteiger partial charge in [-0.05, 0) is 62.6 Å². The molecule has 5 rings (SSSR count). The maximum absolute atomic E-state index is 13.7. The minimum Gasteiger partial charge on any atom is -0.493 e. The van der Waals surface area contributed by atoms with Gasteiger partial charge in [-0.3, -0.25) is 14.0 Å². The first-order chi connectivity index (χ1) is 19.4. The van der Waals surface area contributed by atoms with Crippen LogP contribution in [0.25, 0.3) is 16.7 Å². The molecule has 0 aliphatic carbocycles. The number of pyridine rings is 2. The molecule has 208 valence electrons. The molecule has 4 aromatic rings. The second kappa shape index (κ2) is 11.3. The molecular weight excluding hydrogens is 516 g/mol. The van der Waals surface area contributed by atoms with Gasteiger partial charge in [0.1, 0.15) is 16.9 Å². The number of nitrogens with zero attached hydrogens (tertiary/aromatic N) is 4. The highest BCUT2D eigenvalue weighted by Crippen LogP contribution is 2.28. The molecule has 1 aromatic carbocycles. The molecule has 0 bridgehead atoms. The van der Waals surface area contributed by atoms with E-state index in [1.807, 2.05) is 13.0 Å². The molecule has 0 N–H and O–H groups in total. The Balaban J connectivity index is 1.84. The average Bonchev–Trinajstić information content (AvgIpc) is 3.48. The van der Waals surface area contributed by atoms with Crippen LogP contribution in [0.5, 0.6) is 11.5 Å². The van der Waals surface area contributed by atoms with E-state index in [4.69, 9.17) is 23.9 Å². The van der Waals surface area contributed by atoms with E-state index in [2.05, 4.69) is 4.99 Å². The first-order valence-electron chi connectivity index (χ1n) is 13.0. The normalized spacial score (nSPS) is 15.5. The van der Waals surface area contributed by atoms with Gasteiger partial charge in [-0.25, -0.2) is 9.78 Å². The fourth-order valence-electron chi connectivity index (χ4n) is 4.86. The summed E-state index contributed by atoms with van der Waals surface area (Å²) in [5.41, 5.74) is 1.42. The van der Waals surface area contributed by atoms with Gasteiger partial charge < -0.3 is 23.5 Å². The summed E-state index contributed by atoms with van der Waals surface area (Å²) >= 11 is 0. The number of rotatable bonds is 7. The van der Waals surface area contributed by atoms with Crippen molar-refractivity contribution < 1.29 is 28.5 Å². The van der Waals surface area contributed by atoms with Crippen molar-refractivity contribution in [2.75, 3.05) is 27.4 Å². The van der Waals surface area contributed by atoms with Crippen molar-refractivity contribution in [3.8, 4) is 11.5 Å². The zero-order chi connectivity index (χ0) is 28.4. The summed E-state index contributed by atoms with van der Waals surface area (Å²) in [4.78, 5) is 49.6. The van der Waals surface area contributed by atoms with Crippen LogP contribution in [0.3, 0.4) is 0 Å². The zero-order valence-corrected chi connectivity index (χ0v) is 22.8. The van der Waals surface area contributed by atoms with Crippen LogP contribution in [-0.2, 0) is 16.0 Å². The smallest absolute Gasteiger partial charge is 0.341 e. The summed E-state index contributed by atoms with van der Waals surface area (Å²) in [6.07, 6.45) is 3.06. The number of hydrogen-bond donors (Lipinski definition) is 0. The number of aromatic nitrogens is 3. The largest absolute Gasteiger partial charge is 0.493 e. The number of ether oxygens (including phenoxy) is 4. The molecule has 1 atom stereocenters. The Bertz CT molecular complexity index is 1750. The molecule has 4 heterocycles. The van der Waals surface area contributed by atoms with Crippen molar-refractivity contribution in [2.45, 2.75) is 39.3 Å². The molecule has 1 saturated heterocycles. The van der Waals surface area contributed by atoms with Crippen molar-refractivity contribution in [3.63, 3.8) is 0 Å². The molecule has 0 spiro atoms. The van der Waals surface area contributed by atoms with Crippen LogP contribution in [0.2, 0.25) is 0 Å². The van der Waals surface area contributed by atoms with Gasteiger partial charge in [-0.15, -0.1) is 0 Å². The predicted molar refractivity (Wildman–Crippen MR) is 146 cm³/mol. The third kappa shape index (κ3) is 4.95. The second-order valence-electron chi connectivity index (χ2n) is 9.37. The summed E-state index contributed by atoms with van der Waals surface area (Å²) in [6, 6.07) is 9.70. The first kappa shape index (κ1) is 27.1. The number of amides is 1. The van der Waals surface area contributed by atoms with Crippen LogP contribution >= 0.6 is 0 Å². The van der Waals surface area contributed by atoms with Crippen molar-refractivity contribution >= 4 is 28.6 Å². The fraction of sp³-hybridized carbons (Fsp3) is 0.345. The Hall–Kier alpha value is -4.51. The molecular formula is C29H30N4O7.